The predicted octanol–water partition coefficient (Wildman–Crippen LogP) is 1.84. The molecule has 3 N–H and O–H groups in total. The zero-order valence-electron chi connectivity index (χ0n) is 11.9. The van der Waals surface area contributed by atoms with Gasteiger partial charge in [-0.2, -0.15) is 5.10 Å². The number of aromatic carboxylic acids is 1. The van der Waals surface area contributed by atoms with Crippen LogP contribution in [0.5, 0.6) is 0 Å². The van der Waals surface area contributed by atoms with Gasteiger partial charge in [-0.15, -0.1) is 11.3 Å². The van der Waals surface area contributed by atoms with Crippen LogP contribution < -0.4 is 10.7 Å². The lowest BCUT2D eigenvalue weighted by Gasteiger charge is -2.07. The molecule has 118 valence electrons. The molecule has 0 bridgehead atoms. The highest BCUT2D eigenvalue weighted by Gasteiger charge is 2.18. The van der Waals surface area contributed by atoms with Crippen LogP contribution in [0.4, 0.5) is 10.8 Å². The molecule has 0 atom stereocenters. The minimum Gasteiger partial charge on any atom is -0.478 e. The molecule has 1 aromatic carbocycles. The van der Waals surface area contributed by atoms with Gasteiger partial charge in [-0.05, 0) is 12.1 Å². The van der Waals surface area contributed by atoms with Crippen LogP contribution in [0.1, 0.15) is 17.3 Å². The number of amides is 1. The number of carboxylic acids is 1. The topological polar surface area (TPSA) is 121 Å². The number of carbonyl (C=O) groups excluding carboxylic acids is 2. The number of hydrazone groups is 1. The lowest BCUT2D eigenvalue weighted by atomic mass is 10.2. The van der Waals surface area contributed by atoms with Gasteiger partial charge in [0.25, 0.3) is 5.91 Å². The van der Waals surface area contributed by atoms with E-state index in [-0.39, 0.29) is 17.0 Å². The Morgan fingerprint density at radius 1 is 1.26 bits per heavy atom. The first kappa shape index (κ1) is 16.3. The Hall–Kier alpha value is -3.07. The number of carboxylic acid groups (broad SMARTS) is 1. The van der Waals surface area contributed by atoms with Crippen LogP contribution in [-0.2, 0) is 9.59 Å². The van der Waals surface area contributed by atoms with Crippen molar-refractivity contribution in [1.82, 2.24) is 4.98 Å². The third-order valence-electron chi connectivity index (χ3n) is 2.65. The van der Waals surface area contributed by atoms with Gasteiger partial charge in [0.2, 0.25) is 0 Å². The summed E-state index contributed by atoms with van der Waals surface area (Å²) in [6.45, 7) is 1.19. The fourth-order valence-corrected chi connectivity index (χ4v) is 2.14. The van der Waals surface area contributed by atoms with E-state index in [0.717, 1.165) is 0 Å². The summed E-state index contributed by atoms with van der Waals surface area (Å²) < 4.78 is 0. The highest BCUT2D eigenvalue weighted by atomic mass is 32.1. The van der Waals surface area contributed by atoms with E-state index >= 15 is 0 Å². The molecule has 23 heavy (non-hydrogen) atoms. The summed E-state index contributed by atoms with van der Waals surface area (Å²) in [5.74, 6) is -2.45. The van der Waals surface area contributed by atoms with Gasteiger partial charge in [-0.1, -0.05) is 12.1 Å². The number of carbonyl (C=O) groups is 3. The Bertz CT molecular complexity index is 771. The van der Waals surface area contributed by atoms with Crippen LogP contribution in [0.25, 0.3) is 0 Å². The second-order valence-corrected chi connectivity index (χ2v) is 5.17. The van der Waals surface area contributed by atoms with E-state index in [1.807, 2.05) is 0 Å². The summed E-state index contributed by atoms with van der Waals surface area (Å²) in [7, 11) is 0. The SMILES string of the molecule is CC(=O)/C(=N\Nc1ccccc1C(=O)O)C(=O)Nc1nccs1. The molecule has 2 rings (SSSR count). The third kappa shape index (κ3) is 4.20. The summed E-state index contributed by atoms with van der Waals surface area (Å²) in [6.07, 6.45) is 1.51. The minimum atomic E-state index is -1.15. The standard InChI is InChI=1S/C14H12N4O4S/c1-8(19)11(12(20)16-14-15-6-7-23-14)18-17-10-5-3-2-4-9(10)13(21)22/h2-7,17H,1H3,(H,21,22)(H,15,16,20)/b18-11+. The number of aromatic nitrogens is 1. The molecular weight excluding hydrogens is 320 g/mol. The van der Waals surface area contributed by atoms with Crippen LogP contribution in [-0.4, -0.2) is 33.5 Å². The van der Waals surface area contributed by atoms with E-state index < -0.39 is 17.7 Å². The number of thiazole rings is 1. The maximum Gasteiger partial charge on any atom is 0.337 e. The quantitative estimate of drug-likeness (QED) is 0.422. The molecule has 1 amide bonds. The lowest BCUT2D eigenvalue weighted by molar-refractivity contribution is -0.114. The van der Waals surface area contributed by atoms with Crippen molar-refractivity contribution in [2.24, 2.45) is 5.10 Å². The van der Waals surface area contributed by atoms with Crippen molar-refractivity contribution in [2.75, 3.05) is 10.7 Å². The van der Waals surface area contributed by atoms with Gasteiger partial charge < -0.3 is 5.11 Å². The van der Waals surface area contributed by atoms with E-state index in [2.05, 4.69) is 20.8 Å². The first-order valence-corrected chi connectivity index (χ1v) is 7.25. The number of hydrogen-bond donors (Lipinski definition) is 3. The fourth-order valence-electron chi connectivity index (χ4n) is 1.61. The van der Waals surface area contributed by atoms with Gasteiger partial charge in [-0.3, -0.25) is 20.3 Å². The molecule has 0 aliphatic carbocycles. The number of nitrogens with zero attached hydrogens (tertiary/aromatic N) is 2. The monoisotopic (exact) mass is 332 g/mol. The molecular formula is C14H12N4O4S. The zero-order valence-corrected chi connectivity index (χ0v) is 12.8. The van der Waals surface area contributed by atoms with Crippen molar-refractivity contribution in [3.8, 4) is 0 Å². The van der Waals surface area contributed by atoms with Crippen LogP contribution >= 0.6 is 11.3 Å². The Balaban J connectivity index is 2.21. The average molecular weight is 332 g/mol. The largest absolute Gasteiger partial charge is 0.478 e. The highest BCUT2D eigenvalue weighted by Crippen LogP contribution is 2.15. The Labute approximate surface area is 134 Å². The van der Waals surface area contributed by atoms with E-state index in [1.54, 1.807) is 17.5 Å². The predicted molar refractivity (Wildman–Crippen MR) is 85.9 cm³/mol. The van der Waals surface area contributed by atoms with E-state index in [0.29, 0.717) is 5.13 Å². The van der Waals surface area contributed by atoms with Gasteiger partial charge in [0, 0.05) is 18.5 Å². The van der Waals surface area contributed by atoms with Crippen LogP contribution in [0, 0.1) is 0 Å². The maximum atomic E-state index is 12.0. The zero-order chi connectivity index (χ0) is 16.8. The van der Waals surface area contributed by atoms with Gasteiger partial charge in [0.05, 0.1) is 11.3 Å². The summed E-state index contributed by atoms with van der Waals surface area (Å²) >= 11 is 1.19. The third-order valence-corrected chi connectivity index (χ3v) is 3.34. The number of ketones is 1. The number of benzene rings is 1. The molecule has 0 unspecified atom stereocenters. The summed E-state index contributed by atoms with van der Waals surface area (Å²) in [6, 6.07) is 6.01. The number of anilines is 2. The second-order valence-electron chi connectivity index (χ2n) is 4.27. The van der Waals surface area contributed by atoms with E-state index in [9.17, 15) is 14.4 Å². The molecule has 0 spiro atoms. The first-order chi connectivity index (χ1) is 11.0. The molecule has 0 saturated carbocycles. The molecule has 0 radical (unpaired) electrons. The summed E-state index contributed by atoms with van der Waals surface area (Å²) in [4.78, 5) is 38.6. The number of para-hydroxylation sites is 1. The molecule has 2 aromatic rings. The number of nitrogens with one attached hydrogen (secondary N) is 2. The molecule has 1 heterocycles. The minimum absolute atomic E-state index is 0.0283. The van der Waals surface area contributed by atoms with Gasteiger partial charge in [0.15, 0.2) is 16.6 Å². The van der Waals surface area contributed by atoms with Crippen molar-refractivity contribution in [3.63, 3.8) is 0 Å². The molecule has 9 heteroatoms. The highest BCUT2D eigenvalue weighted by molar-refractivity contribution is 7.13. The molecule has 0 aliphatic heterocycles. The molecule has 0 saturated heterocycles. The van der Waals surface area contributed by atoms with Crippen LogP contribution in [0.15, 0.2) is 40.9 Å². The van der Waals surface area contributed by atoms with Gasteiger partial charge in [0.1, 0.15) is 0 Å². The Kier molecular flexibility index (Phi) is 5.15. The summed E-state index contributed by atoms with van der Waals surface area (Å²) in [5.41, 5.74) is 2.20. The molecule has 8 nitrogen and oxygen atoms in total. The smallest absolute Gasteiger partial charge is 0.337 e. The Morgan fingerprint density at radius 3 is 2.61 bits per heavy atom. The number of rotatable bonds is 6. The van der Waals surface area contributed by atoms with Crippen molar-refractivity contribution in [1.29, 1.82) is 0 Å². The molecule has 0 fully saturated rings. The Morgan fingerprint density at radius 2 is 2.00 bits per heavy atom. The molecule has 1 aromatic heterocycles. The number of hydrogen-bond acceptors (Lipinski definition) is 7. The molecule has 0 aliphatic rings. The average Bonchev–Trinajstić information content (AvgIpc) is 3.00. The second kappa shape index (κ2) is 7.27. The summed E-state index contributed by atoms with van der Waals surface area (Å²) in [5, 5.41) is 17.2. The lowest BCUT2D eigenvalue weighted by Crippen LogP contribution is -2.29. The van der Waals surface area contributed by atoms with E-state index in [1.165, 1.54) is 36.6 Å². The van der Waals surface area contributed by atoms with Crippen molar-refractivity contribution in [2.45, 2.75) is 6.92 Å². The van der Waals surface area contributed by atoms with Gasteiger partial charge in [-0.25, -0.2) is 9.78 Å². The number of Topliss-reactive ketones (excluding diaryl/α,β-unsaturated/α-hetero) is 1. The maximum absolute atomic E-state index is 12.0. The fraction of sp³-hybridized carbons (Fsp3) is 0.0714. The van der Waals surface area contributed by atoms with Crippen molar-refractivity contribution in [3.05, 3.63) is 41.4 Å². The van der Waals surface area contributed by atoms with Gasteiger partial charge >= 0.3 is 5.97 Å². The van der Waals surface area contributed by atoms with Crippen LogP contribution in [0.2, 0.25) is 0 Å². The first-order valence-electron chi connectivity index (χ1n) is 6.37. The van der Waals surface area contributed by atoms with Crippen molar-refractivity contribution >= 4 is 45.5 Å². The normalized spacial score (nSPS) is 10.9. The van der Waals surface area contributed by atoms with Crippen LogP contribution in [0.3, 0.4) is 0 Å². The van der Waals surface area contributed by atoms with E-state index in [4.69, 9.17) is 5.11 Å². The van der Waals surface area contributed by atoms with Crippen molar-refractivity contribution < 1.29 is 19.5 Å².